The lowest BCUT2D eigenvalue weighted by molar-refractivity contribution is -0.140. The van der Waals surface area contributed by atoms with Crippen LogP contribution in [0.25, 0.3) is 10.9 Å². The molecule has 4 aromatic rings. The number of rotatable bonds is 5. The molecule has 4 rings (SSSR count). The minimum Gasteiger partial charge on any atom is -0.294 e. The zero-order chi connectivity index (χ0) is 27.3. The third-order valence-corrected chi connectivity index (χ3v) is 7.24. The number of alkyl halides is 6. The first-order valence-corrected chi connectivity index (χ1v) is 11.9. The van der Waals surface area contributed by atoms with Gasteiger partial charge >= 0.3 is 12.4 Å². The molecule has 0 N–H and O–H groups in total. The molecule has 1 heterocycles. The standard InChI is InChI=1S/C23H12ClF7N2O3S/c24-17-3-1-2-15(22(26,27)28)21(17)20(34)9-12-4-5-13-11-32-33(19(13)8-12)37(35,36)14-6-7-18(25)16(10-14)23(29,30)31/h1-8,10-11H,9H2. The van der Waals surface area contributed by atoms with E-state index in [1.165, 1.54) is 12.1 Å². The van der Waals surface area contributed by atoms with Crippen molar-refractivity contribution in [3.63, 3.8) is 0 Å². The minimum absolute atomic E-state index is 0.0811. The van der Waals surface area contributed by atoms with Crippen molar-refractivity contribution in [1.82, 2.24) is 9.19 Å². The van der Waals surface area contributed by atoms with E-state index in [1.807, 2.05) is 0 Å². The molecule has 14 heteroatoms. The summed E-state index contributed by atoms with van der Waals surface area (Å²) in [7, 11) is -4.77. The minimum atomic E-state index is -5.16. The van der Waals surface area contributed by atoms with E-state index in [-0.39, 0.29) is 22.5 Å². The van der Waals surface area contributed by atoms with Crippen LogP contribution in [0.5, 0.6) is 0 Å². The third kappa shape index (κ3) is 5.05. The Hall–Kier alpha value is -3.45. The van der Waals surface area contributed by atoms with Gasteiger partial charge in [0.1, 0.15) is 5.82 Å². The number of aromatic nitrogens is 2. The Labute approximate surface area is 209 Å². The number of carbonyl (C=O) groups excluding carboxylic acids is 1. The summed E-state index contributed by atoms with van der Waals surface area (Å²) in [6.45, 7) is 0. The van der Waals surface area contributed by atoms with Crippen LogP contribution in [0.1, 0.15) is 27.0 Å². The van der Waals surface area contributed by atoms with Crippen LogP contribution in [-0.2, 0) is 28.8 Å². The highest BCUT2D eigenvalue weighted by atomic mass is 35.5. The molecule has 37 heavy (non-hydrogen) atoms. The zero-order valence-corrected chi connectivity index (χ0v) is 19.6. The number of fused-ring (bicyclic) bond motifs is 1. The Balaban J connectivity index is 1.76. The van der Waals surface area contributed by atoms with Gasteiger partial charge in [-0.15, -0.1) is 0 Å². The number of ketones is 1. The van der Waals surface area contributed by atoms with Crippen molar-refractivity contribution in [2.75, 3.05) is 0 Å². The second-order valence-corrected chi connectivity index (χ2v) is 9.96. The molecular weight excluding hydrogens is 553 g/mol. The summed E-state index contributed by atoms with van der Waals surface area (Å²) in [6, 6.07) is 7.80. The SMILES string of the molecule is O=C(Cc1ccc2cnn(S(=O)(=O)c3ccc(F)c(C(F)(F)F)c3)c2c1)c1c(Cl)cccc1C(F)(F)F. The van der Waals surface area contributed by atoms with Crippen LogP contribution in [0, 0.1) is 5.82 Å². The van der Waals surface area contributed by atoms with Crippen molar-refractivity contribution in [1.29, 1.82) is 0 Å². The molecule has 0 unspecified atom stereocenters. The van der Waals surface area contributed by atoms with Crippen LogP contribution < -0.4 is 0 Å². The summed E-state index contributed by atoms with van der Waals surface area (Å²) in [5.41, 5.74) is -3.88. The van der Waals surface area contributed by atoms with Crippen molar-refractivity contribution in [2.45, 2.75) is 23.7 Å². The maximum Gasteiger partial charge on any atom is 0.419 e. The van der Waals surface area contributed by atoms with Crippen molar-refractivity contribution in [3.8, 4) is 0 Å². The van der Waals surface area contributed by atoms with Gasteiger partial charge < -0.3 is 0 Å². The number of nitrogens with zero attached hydrogens (tertiary/aromatic N) is 2. The molecule has 0 aliphatic rings. The number of benzene rings is 3. The van der Waals surface area contributed by atoms with Crippen molar-refractivity contribution in [2.24, 2.45) is 0 Å². The van der Waals surface area contributed by atoms with E-state index in [4.69, 9.17) is 11.6 Å². The fourth-order valence-corrected chi connectivity index (χ4v) is 5.22. The molecule has 0 amide bonds. The maximum atomic E-state index is 13.6. The average Bonchev–Trinajstić information content (AvgIpc) is 3.21. The molecule has 0 saturated carbocycles. The van der Waals surface area contributed by atoms with Gasteiger partial charge in [-0.25, -0.2) is 4.39 Å². The van der Waals surface area contributed by atoms with Crippen LogP contribution in [-0.4, -0.2) is 23.4 Å². The fourth-order valence-electron chi connectivity index (χ4n) is 3.64. The molecule has 0 spiro atoms. The fraction of sp³-hybridized carbons (Fsp3) is 0.130. The Bertz CT molecular complexity index is 1640. The smallest absolute Gasteiger partial charge is 0.294 e. The molecule has 0 aliphatic carbocycles. The molecule has 0 atom stereocenters. The van der Waals surface area contributed by atoms with Crippen LogP contribution in [0.3, 0.4) is 0 Å². The first-order valence-electron chi connectivity index (χ1n) is 10.1. The Kier molecular flexibility index (Phi) is 6.57. The van der Waals surface area contributed by atoms with Crippen LogP contribution in [0.2, 0.25) is 5.02 Å². The second-order valence-electron chi connectivity index (χ2n) is 7.79. The molecule has 0 aliphatic heterocycles. The lowest BCUT2D eigenvalue weighted by Crippen LogP contribution is -2.17. The Morgan fingerprint density at radius 3 is 2.24 bits per heavy atom. The molecule has 194 valence electrons. The number of hydrogen-bond acceptors (Lipinski definition) is 4. The molecule has 0 bridgehead atoms. The number of hydrogen-bond donors (Lipinski definition) is 0. The van der Waals surface area contributed by atoms with E-state index < -0.39 is 67.0 Å². The van der Waals surface area contributed by atoms with Crippen molar-refractivity contribution in [3.05, 3.63) is 93.9 Å². The highest BCUT2D eigenvalue weighted by molar-refractivity contribution is 7.90. The summed E-state index contributed by atoms with van der Waals surface area (Å²) >= 11 is 5.86. The third-order valence-electron chi connectivity index (χ3n) is 5.33. The summed E-state index contributed by atoms with van der Waals surface area (Å²) in [4.78, 5) is 11.9. The van der Waals surface area contributed by atoms with Gasteiger partial charge in [0.2, 0.25) is 0 Å². The summed E-state index contributed by atoms with van der Waals surface area (Å²) in [6.07, 6.45) is -9.55. The Morgan fingerprint density at radius 1 is 0.919 bits per heavy atom. The average molecular weight is 565 g/mol. The molecule has 3 aromatic carbocycles. The van der Waals surface area contributed by atoms with Crippen molar-refractivity contribution < 1.29 is 43.9 Å². The zero-order valence-electron chi connectivity index (χ0n) is 18.0. The summed E-state index contributed by atoms with van der Waals surface area (Å²) in [5.74, 6) is -2.67. The first-order chi connectivity index (χ1) is 17.1. The normalized spacial score (nSPS) is 12.8. The highest BCUT2D eigenvalue weighted by Gasteiger charge is 2.37. The maximum absolute atomic E-state index is 13.6. The van der Waals surface area contributed by atoms with Gasteiger partial charge in [0.05, 0.1) is 32.8 Å². The topological polar surface area (TPSA) is 69.0 Å². The van der Waals surface area contributed by atoms with E-state index in [9.17, 15) is 43.9 Å². The van der Waals surface area contributed by atoms with Crippen molar-refractivity contribution >= 4 is 38.3 Å². The van der Waals surface area contributed by atoms with E-state index >= 15 is 0 Å². The second kappa shape index (κ2) is 9.14. The van der Waals surface area contributed by atoms with Gasteiger partial charge in [-0.1, -0.05) is 29.8 Å². The van der Waals surface area contributed by atoms with Crippen LogP contribution >= 0.6 is 11.6 Å². The van der Waals surface area contributed by atoms with Crippen LogP contribution in [0.4, 0.5) is 30.7 Å². The van der Waals surface area contributed by atoms with E-state index in [2.05, 4.69) is 5.10 Å². The van der Waals surface area contributed by atoms with Gasteiger partial charge in [-0.05, 0) is 42.0 Å². The largest absolute Gasteiger partial charge is 0.419 e. The highest BCUT2D eigenvalue weighted by Crippen LogP contribution is 2.36. The van der Waals surface area contributed by atoms with Gasteiger partial charge in [0, 0.05) is 17.4 Å². The predicted octanol–water partition coefficient (Wildman–Crippen LogP) is 6.53. The van der Waals surface area contributed by atoms with Crippen LogP contribution in [0.15, 0.2) is 65.7 Å². The summed E-state index contributed by atoms with van der Waals surface area (Å²) in [5, 5.41) is 3.47. The molecule has 1 aromatic heterocycles. The lowest BCUT2D eigenvalue weighted by Gasteiger charge is -2.14. The number of carbonyl (C=O) groups is 1. The molecule has 0 fully saturated rings. The molecule has 5 nitrogen and oxygen atoms in total. The molecule has 0 radical (unpaired) electrons. The van der Waals surface area contributed by atoms with Gasteiger partial charge in [-0.3, -0.25) is 4.79 Å². The lowest BCUT2D eigenvalue weighted by atomic mass is 9.97. The monoisotopic (exact) mass is 564 g/mol. The quantitative estimate of drug-likeness (QED) is 0.204. The van der Waals surface area contributed by atoms with Gasteiger partial charge in [-0.2, -0.15) is 43.9 Å². The predicted molar refractivity (Wildman–Crippen MR) is 118 cm³/mol. The van der Waals surface area contributed by atoms with E-state index in [0.29, 0.717) is 22.3 Å². The van der Waals surface area contributed by atoms with E-state index in [1.54, 1.807) is 0 Å². The molecule has 0 saturated heterocycles. The number of Topliss-reactive ketones (excluding diaryl/α,β-unsaturated/α-hetero) is 1. The molecular formula is C23H12ClF7N2O3S. The van der Waals surface area contributed by atoms with Gasteiger partial charge in [0.25, 0.3) is 10.0 Å². The summed E-state index contributed by atoms with van der Waals surface area (Å²) < 4.78 is 120. The van der Waals surface area contributed by atoms with Gasteiger partial charge in [0.15, 0.2) is 5.78 Å². The Morgan fingerprint density at radius 2 is 1.59 bits per heavy atom. The first kappa shape index (κ1) is 26.6. The number of halogens is 8. The van der Waals surface area contributed by atoms with E-state index in [0.717, 1.165) is 24.4 Å².